The van der Waals surface area contributed by atoms with Crippen LogP contribution in [0, 0.1) is 18.3 Å². The van der Waals surface area contributed by atoms with E-state index in [1.165, 1.54) is 10.5 Å². The zero-order chi connectivity index (χ0) is 13.4. The normalized spacial score (nSPS) is 13.9. The molecular formula is C15H22N2S. The van der Waals surface area contributed by atoms with E-state index in [-0.39, 0.29) is 5.54 Å². The van der Waals surface area contributed by atoms with Gasteiger partial charge in [-0.25, -0.2) is 0 Å². The summed E-state index contributed by atoms with van der Waals surface area (Å²) in [7, 11) is 1.85. The van der Waals surface area contributed by atoms with Gasteiger partial charge in [0.15, 0.2) is 0 Å². The molecule has 0 aliphatic carbocycles. The largest absolute Gasteiger partial charge is 0.303 e. The number of benzene rings is 1. The van der Waals surface area contributed by atoms with E-state index in [4.69, 9.17) is 5.26 Å². The van der Waals surface area contributed by atoms with Gasteiger partial charge in [0.05, 0.1) is 6.07 Å². The molecule has 1 aromatic rings. The first kappa shape index (κ1) is 15.1. The van der Waals surface area contributed by atoms with E-state index in [1.54, 1.807) is 0 Å². The van der Waals surface area contributed by atoms with Crippen LogP contribution in [0.15, 0.2) is 29.2 Å². The molecule has 0 heterocycles. The van der Waals surface area contributed by atoms with Gasteiger partial charge in [0.25, 0.3) is 0 Å². The van der Waals surface area contributed by atoms with Gasteiger partial charge in [-0.1, -0.05) is 17.7 Å². The molecule has 3 heteroatoms. The van der Waals surface area contributed by atoms with Crippen LogP contribution in [0.5, 0.6) is 0 Å². The van der Waals surface area contributed by atoms with Gasteiger partial charge in [0, 0.05) is 4.90 Å². The number of nitriles is 1. The Morgan fingerprint density at radius 1 is 1.28 bits per heavy atom. The van der Waals surface area contributed by atoms with Gasteiger partial charge >= 0.3 is 0 Å². The van der Waals surface area contributed by atoms with Crippen LogP contribution in [0.2, 0.25) is 0 Å². The second-order valence-corrected chi connectivity index (χ2v) is 5.98. The van der Waals surface area contributed by atoms with Gasteiger partial charge in [0.2, 0.25) is 0 Å². The summed E-state index contributed by atoms with van der Waals surface area (Å²) in [6.07, 6.45) is 3.15. The number of hydrogen-bond donors (Lipinski definition) is 1. The third-order valence-electron chi connectivity index (χ3n) is 3.16. The van der Waals surface area contributed by atoms with Gasteiger partial charge in [-0.2, -0.15) is 5.26 Å². The number of rotatable bonds is 7. The number of unbranched alkanes of at least 4 members (excludes halogenated alkanes) is 1. The Morgan fingerprint density at radius 2 is 1.94 bits per heavy atom. The molecule has 1 atom stereocenters. The zero-order valence-corrected chi connectivity index (χ0v) is 12.3. The molecule has 0 aromatic heterocycles. The first-order valence-corrected chi connectivity index (χ1v) is 7.38. The lowest BCUT2D eigenvalue weighted by Crippen LogP contribution is -2.37. The molecule has 0 aliphatic rings. The molecule has 1 unspecified atom stereocenters. The van der Waals surface area contributed by atoms with Crippen molar-refractivity contribution >= 4 is 11.8 Å². The maximum Gasteiger partial charge on any atom is 0.103 e. The Labute approximate surface area is 115 Å². The Morgan fingerprint density at radius 3 is 2.50 bits per heavy atom. The predicted molar refractivity (Wildman–Crippen MR) is 78.8 cm³/mol. The zero-order valence-electron chi connectivity index (χ0n) is 11.5. The topological polar surface area (TPSA) is 35.8 Å². The molecule has 1 aromatic carbocycles. The summed E-state index contributed by atoms with van der Waals surface area (Å²) in [5.74, 6) is 1.12. The van der Waals surface area contributed by atoms with Crippen LogP contribution in [0.3, 0.4) is 0 Å². The van der Waals surface area contributed by atoms with Crippen molar-refractivity contribution in [2.24, 2.45) is 0 Å². The highest BCUT2D eigenvalue weighted by Gasteiger charge is 2.19. The molecule has 0 spiro atoms. The van der Waals surface area contributed by atoms with E-state index in [9.17, 15) is 0 Å². The lowest BCUT2D eigenvalue weighted by molar-refractivity contribution is 0.439. The first-order chi connectivity index (χ1) is 8.59. The average molecular weight is 262 g/mol. The van der Waals surface area contributed by atoms with Crippen molar-refractivity contribution in [2.45, 2.75) is 43.5 Å². The maximum atomic E-state index is 9.03. The highest BCUT2D eigenvalue weighted by Crippen LogP contribution is 2.21. The van der Waals surface area contributed by atoms with E-state index in [0.29, 0.717) is 0 Å². The number of nitrogens with one attached hydrogen (secondary N) is 1. The third kappa shape index (κ3) is 5.12. The standard InChI is InChI=1S/C15H22N2S/c1-13-6-8-14(9-7-13)18-11-5-4-10-15(2,12-16)17-3/h6-9,17H,4-5,10-11H2,1-3H3. The van der Waals surface area contributed by atoms with Gasteiger partial charge in [-0.3, -0.25) is 0 Å². The lowest BCUT2D eigenvalue weighted by Gasteiger charge is -2.20. The summed E-state index contributed by atoms with van der Waals surface area (Å²) in [4.78, 5) is 1.33. The molecular weight excluding hydrogens is 240 g/mol. The van der Waals surface area contributed by atoms with Crippen LogP contribution in [-0.2, 0) is 0 Å². The minimum atomic E-state index is -0.367. The van der Waals surface area contributed by atoms with Crippen LogP contribution in [-0.4, -0.2) is 18.3 Å². The van der Waals surface area contributed by atoms with Crippen molar-refractivity contribution in [3.8, 4) is 6.07 Å². The predicted octanol–water partition coefficient (Wildman–Crippen LogP) is 3.76. The molecule has 2 nitrogen and oxygen atoms in total. The van der Waals surface area contributed by atoms with E-state index >= 15 is 0 Å². The quantitative estimate of drug-likeness (QED) is 0.600. The fraction of sp³-hybridized carbons (Fsp3) is 0.533. The second kappa shape index (κ2) is 7.45. The van der Waals surface area contributed by atoms with E-state index < -0.39 is 0 Å². The average Bonchev–Trinajstić information content (AvgIpc) is 2.40. The van der Waals surface area contributed by atoms with Crippen molar-refractivity contribution < 1.29 is 0 Å². The van der Waals surface area contributed by atoms with Crippen LogP contribution in [0.25, 0.3) is 0 Å². The Balaban J connectivity index is 2.20. The van der Waals surface area contributed by atoms with E-state index in [1.807, 2.05) is 25.7 Å². The van der Waals surface area contributed by atoms with Gasteiger partial charge in [-0.15, -0.1) is 11.8 Å². The fourth-order valence-electron chi connectivity index (χ4n) is 1.64. The lowest BCUT2D eigenvalue weighted by atomic mass is 9.97. The molecule has 1 N–H and O–H groups in total. The van der Waals surface area contributed by atoms with Crippen molar-refractivity contribution in [1.82, 2.24) is 5.32 Å². The summed E-state index contributed by atoms with van der Waals surface area (Å²) < 4.78 is 0. The number of hydrogen-bond acceptors (Lipinski definition) is 3. The van der Waals surface area contributed by atoms with Crippen molar-refractivity contribution in [2.75, 3.05) is 12.8 Å². The van der Waals surface area contributed by atoms with Crippen LogP contribution >= 0.6 is 11.8 Å². The molecule has 0 aliphatic heterocycles. The molecule has 18 heavy (non-hydrogen) atoms. The Bertz CT molecular complexity index is 394. The van der Waals surface area contributed by atoms with E-state index in [0.717, 1.165) is 25.0 Å². The summed E-state index contributed by atoms with van der Waals surface area (Å²) in [5.41, 5.74) is 0.937. The molecule has 0 saturated carbocycles. The Kier molecular flexibility index (Phi) is 6.24. The molecule has 0 saturated heterocycles. The fourth-order valence-corrected chi connectivity index (χ4v) is 2.55. The first-order valence-electron chi connectivity index (χ1n) is 6.39. The molecule has 1 rings (SSSR count). The van der Waals surface area contributed by atoms with Crippen LogP contribution in [0.4, 0.5) is 0 Å². The molecule has 0 radical (unpaired) electrons. The monoisotopic (exact) mass is 262 g/mol. The number of aryl methyl sites for hydroxylation is 1. The SMILES string of the molecule is CNC(C)(C#N)CCCCSc1ccc(C)cc1. The van der Waals surface area contributed by atoms with Crippen LogP contribution in [0.1, 0.15) is 31.7 Å². The molecule has 0 bridgehead atoms. The number of nitrogens with zero attached hydrogens (tertiary/aromatic N) is 1. The summed E-state index contributed by atoms with van der Waals surface area (Å²) in [6.45, 7) is 4.06. The summed E-state index contributed by atoms with van der Waals surface area (Å²) in [6, 6.07) is 11.0. The number of thioether (sulfide) groups is 1. The summed E-state index contributed by atoms with van der Waals surface area (Å²) >= 11 is 1.89. The third-order valence-corrected chi connectivity index (χ3v) is 4.26. The second-order valence-electron chi connectivity index (χ2n) is 4.81. The highest BCUT2D eigenvalue weighted by atomic mass is 32.2. The minimum absolute atomic E-state index is 0.367. The smallest absolute Gasteiger partial charge is 0.103 e. The van der Waals surface area contributed by atoms with Crippen molar-refractivity contribution in [3.63, 3.8) is 0 Å². The van der Waals surface area contributed by atoms with E-state index in [2.05, 4.69) is 42.6 Å². The Hall–Kier alpha value is -0.980. The van der Waals surface area contributed by atoms with Gasteiger partial charge in [-0.05, 0) is 58.0 Å². The van der Waals surface area contributed by atoms with Crippen molar-refractivity contribution in [3.05, 3.63) is 29.8 Å². The molecule has 0 amide bonds. The van der Waals surface area contributed by atoms with Crippen molar-refractivity contribution in [1.29, 1.82) is 5.26 Å². The molecule has 0 fully saturated rings. The maximum absolute atomic E-state index is 9.03. The highest BCUT2D eigenvalue weighted by molar-refractivity contribution is 7.99. The van der Waals surface area contributed by atoms with Gasteiger partial charge in [0.1, 0.15) is 5.54 Å². The summed E-state index contributed by atoms with van der Waals surface area (Å²) in [5, 5.41) is 12.1. The minimum Gasteiger partial charge on any atom is -0.303 e. The van der Waals surface area contributed by atoms with Crippen LogP contribution < -0.4 is 5.32 Å². The molecule has 98 valence electrons. The van der Waals surface area contributed by atoms with Gasteiger partial charge < -0.3 is 5.32 Å².